The number of aromatic amines is 1. The summed E-state index contributed by atoms with van der Waals surface area (Å²) in [6, 6.07) is 11.7. The molecule has 31 heavy (non-hydrogen) atoms. The van der Waals surface area contributed by atoms with Crippen LogP contribution in [0.3, 0.4) is 0 Å². The Balaban J connectivity index is 1.67. The van der Waals surface area contributed by atoms with Gasteiger partial charge in [-0.1, -0.05) is 30.3 Å². The summed E-state index contributed by atoms with van der Waals surface area (Å²) in [6.45, 7) is 3.21. The van der Waals surface area contributed by atoms with Gasteiger partial charge < -0.3 is 4.90 Å². The molecule has 0 bridgehead atoms. The highest BCUT2D eigenvalue weighted by molar-refractivity contribution is 7.89. The van der Waals surface area contributed by atoms with Crippen molar-refractivity contribution in [3.63, 3.8) is 0 Å². The molecule has 0 unspecified atom stereocenters. The third-order valence-electron chi connectivity index (χ3n) is 5.65. The second-order valence-corrected chi connectivity index (χ2v) is 9.45. The number of carbonyl (C=O) groups is 1. The van der Waals surface area contributed by atoms with Crippen molar-refractivity contribution in [1.82, 2.24) is 24.4 Å². The molecule has 162 valence electrons. The largest absolute Gasteiger partial charge is 0.341 e. The van der Waals surface area contributed by atoms with Crippen LogP contribution in [0, 0.1) is 5.92 Å². The van der Waals surface area contributed by atoms with Gasteiger partial charge in [-0.25, -0.2) is 8.42 Å². The molecule has 4 rings (SSSR count). The Bertz CT molecular complexity index is 1130. The lowest BCUT2D eigenvalue weighted by Gasteiger charge is -2.24. The van der Waals surface area contributed by atoms with Crippen molar-refractivity contribution in [3.05, 3.63) is 66.7 Å². The minimum absolute atomic E-state index is 0.0200. The molecule has 0 aliphatic carbocycles. The van der Waals surface area contributed by atoms with Crippen LogP contribution in [0.4, 0.5) is 0 Å². The molecule has 9 heteroatoms. The van der Waals surface area contributed by atoms with Crippen LogP contribution < -0.4 is 0 Å². The molecule has 1 N–H and O–H groups in total. The van der Waals surface area contributed by atoms with Crippen molar-refractivity contribution in [2.45, 2.75) is 18.2 Å². The molecule has 1 amide bonds. The predicted molar refractivity (Wildman–Crippen MR) is 116 cm³/mol. The molecule has 3 heterocycles. The average molecular weight is 440 g/mol. The van der Waals surface area contributed by atoms with Gasteiger partial charge in [-0.3, -0.25) is 14.9 Å². The molecule has 0 radical (unpaired) electrons. The maximum absolute atomic E-state index is 13.3. The number of carbonyl (C=O) groups excluding carboxylic acids is 1. The van der Waals surface area contributed by atoms with Crippen molar-refractivity contribution in [3.8, 4) is 11.1 Å². The Hall–Kier alpha value is -3.04. The van der Waals surface area contributed by atoms with Gasteiger partial charge in [-0.2, -0.15) is 9.40 Å². The molecule has 1 fully saturated rings. The van der Waals surface area contributed by atoms with Crippen molar-refractivity contribution >= 4 is 15.9 Å². The lowest BCUT2D eigenvalue weighted by atomic mass is 9.92. The third-order valence-corrected chi connectivity index (χ3v) is 7.48. The molecule has 0 spiro atoms. The topological polar surface area (TPSA) is 99.3 Å². The first-order valence-electron chi connectivity index (χ1n) is 10.3. The Labute approximate surface area is 182 Å². The summed E-state index contributed by atoms with van der Waals surface area (Å²) < 4.78 is 27.6. The number of nitrogens with zero attached hydrogens (tertiary/aromatic N) is 4. The average Bonchev–Trinajstić information content (AvgIpc) is 3.29. The van der Waals surface area contributed by atoms with E-state index in [0.29, 0.717) is 19.5 Å². The maximum atomic E-state index is 13.3. The highest BCUT2D eigenvalue weighted by Crippen LogP contribution is 2.28. The van der Waals surface area contributed by atoms with Gasteiger partial charge in [0.1, 0.15) is 4.90 Å². The van der Waals surface area contributed by atoms with Gasteiger partial charge in [0.15, 0.2) is 0 Å². The lowest BCUT2D eigenvalue weighted by molar-refractivity contribution is -0.134. The summed E-state index contributed by atoms with van der Waals surface area (Å²) >= 11 is 0. The van der Waals surface area contributed by atoms with Crippen molar-refractivity contribution in [1.29, 1.82) is 0 Å². The number of aromatic nitrogens is 3. The predicted octanol–water partition coefficient (Wildman–Crippen LogP) is 2.18. The van der Waals surface area contributed by atoms with Crippen LogP contribution in [0.15, 0.2) is 66.1 Å². The smallest absolute Gasteiger partial charge is 0.246 e. The van der Waals surface area contributed by atoms with E-state index >= 15 is 0 Å². The van der Waals surface area contributed by atoms with Gasteiger partial charge in [0.2, 0.25) is 15.9 Å². The number of pyridine rings is 1. The zero-order valence-corrected chi connectivity index (χ0v) is 18.1. The molecule has 2 aromatic heterocycles. The minimum Gasteiger partial charge on any atom is -0.341 e. The molecule has 1 aliphatic heterocycles. The number of amides is 1. The number of benzene rings is 1. The van der Waals surface area contributed by atoms with E-state index in [-0.39, 0.29) is 23.9 Å². The van der Waals surface area contributed by atoms with Crippen molar-refractivity contribution in [2.24, 2.45) is 5.92 Å². The van der Waals surface area contributed by atoms with Gasteiger partial charge in [0, 0.05) is 50.3 Å². The summed E-state index contributed by atoms with van der Waals surface area (Å²) in [5.41, 5.74) is 2.96. The maximum Gasteiger partial charge on any atom is 0.246 e. The zero-order chi connectivity index (χ0) is 21.8. The minimum atomic E-state index is -3.73. The number of rotatable bonds is 6. The van der Waals surface area contributed by atoms with E-state index in [1.807, 2.05) is 43.3 Å². The monoisotopic (exact) mass is 439 g/mol. The van der Waals surface area contributed by atoms with Crippen LogP contribution >= 0.6 is 0 Å². The molecule has 1 aliphatic rings. The standard InChI is InChI=1S/C22H25N5O3S/c1-2-26-10-11-27(31(29,30)20-14-24-25-15-20)16-19(22(26)28)12-17-6-3-4-8-21(17)18-7-5-9-23-13-18/h3-9,13-15,19H,2,10-12,16H2,1H3,(H,24,25)/t19-/m1/s1. The Morgan fingerprint density at radius 1 is 1.13 bits per heavy atom. The van der Waals surface area contributed by atoms with Gasteiger partial charge in [0.25, 0.3) is 0 Å². The van der Waals surface area contributed by atoms with Crippen LogP contribution in [0.25, 0.3) is 11.1 Å². The van der Waals surface area contributed by atoms with E-state index in [1.165, 1.54) is 16.7 Å². The summed E-state index contributed by atoms with van der Waals surface area (Å²) in [7, 11) is -3.73. The Morgan fingerprint density at radius 3 is 2.68 bits per heavy atom. The normalized spacial score (nSPS) is 18.2. The lowest BCUT2D eigenvalue weighted by Crippen LogP contribution is -2.38. The molecular weight excluding hydrogens is 414 g/mol. The molecule has 1 saturated heterocycles. The Morgan fingerprint density at radius 2 is 1.97 bits per heavy atom. The first-order chi connectivity index (χ1) is 15.0. The quantitative estimate of drug-likeness (QED) is 0.635. The fourth-order valence-corrected chi connectivity index (χ4v) is 5.38. The van der Waals surface area contributed by atoms with Crippen LogP contribution in [-0.2, 0) is 21.2 Å². The second kappa shape index (κ2) is 8.99. The number of sulfonamides is 1. The molecule has 1 aromatic carbocycles. The number of hydrogen-bond acceptors (Lipinski definition) is 5. The van der Waals surface area contributed by atoms with E-state index in [4.69, 9.17) is 0 Å². The second-order valence-electron chi connectivity index (χ2n) is 7.51. The first kappa shape index (κ1) is 21.2. The fourth-order valence-electron chi connectivity index (χ4n) is 4.00. The van der Waals surface area contributed by atoms with E-state index < -0.39 is 15.9 Å². The summed E-state index contributed by atoms with van der Waals surface area (Å²) in [6.07, 6.45) is 6.62. The van der Waals surface area contributed by atoms with E-state index in [0.717, 1.165) is 16.7 Å². The van der Waals surface area contributed by atoms with E-state index in [9.17, 15) is 13.2 Å². The molecular formula is C22H25N5O3S. The van der Waals surface area contributed by atoms with Gasteiger partial charge >= 0.3 is 0 Å². The van der Waals surface area contributed by atoms with Gasteiger partial charge in [-0.15, -0.1) is 0 Å². The first-order valence-corrected chi connectivity index (χ1v) is 11.7. The zero-order valence-electron chi connectivity index (χ0n) is 17.3. The number of nitrogens with one attached hydrogen (secondary N) is 1. The van der Waals surface area contributed by atoms with E-state index in [1.54, 1.807) is 17.3 Å². The number of H-pyrrole nitrogens is 1. The Kier molecular flexibility index (Phi) is 6.15. The van der Waals surface area contributed by atoms with Crippen LogP contribution in [0.1, 0.15) is 12.5 Å². The van der Waals surface area contributed by atoms with Gasteiger partial charge in [0.05, 0.1) is 12.1 Å². The molecule has 1 atom stereocenters. The highest BCUT2D eigenvalue weighted by Gasteiger charge is 2.36. The summed E-state index contributed by atoms with van der Waals surface area (Å²) in [5, 5.41) is 6.33. The SMILES string of the molecule is CCN1CCN(S(=O)(=O)c2cn[nH]c2)C[C@@H](Cc2ccccc2-c2cccnc2)C1=O. The third kappa shape index (κ3) is 4.38. The summed E-state index contributed by atoms with van der Waals surface area (Å²) in [5.74, 6) is -0.504. The number of likely N-dealkylation sites (N-methyl/N-ethyl adjacent to an activating group) is 1. The van der Waals surface area contributed by atoms with E-state index in [2.05, 4.69) is 15.2 Å². The van der Waals surface area contributed by atoms with Crippen LogP contribution in [0.5, 0.6) is 0 Å². The molecule has 0 saturated carbocycles. The molecule has 8 nitrogen and oxygen atoms in total. The van der Waals surface area contributed by atoms with Crippen molar-refractivity contribution < 1.29 is 13.2 Å². The fraction of sp³-hybridized carbons (Fsp3) is 0.318. The van der Waals surface area contributed by atoms with Gasteiger partial charge in [-0.05, 0) is 30.5 Å². The summed E-state index contributed by atoms with van der Waals surface area (Å²) in [4.78, 5) is 19.3. The number of hydrogen-bond donors (Lipinski definition) is 1. The molecule has 3 aromatic rings. The highest BCUT2D eigenvalue weighted by atomic mass is 32.2. The van der Waals surface area contributed by atoms with Crippen LogP contribution in [0.2, 0.25) is 0 Å². The van der Waals surface area contributed by atoms with Crippen LogP contribution in [-0.4, -0.2) is 64.9 Å². The van der Waals surface area contributed by atoms with Crippen molar-refractivity contribution in [2.75, 3.05) is 26.2 Å².